The smallest absolute Gasteiger partial charge is 0.255 e. The summed E-state index contributed by atoms with van der Waals surface area (Å²) in [6.45, 7) is 5.22. The number of piperazine rings is 1. The van der Waals surface area contributed by atoms with E-state index in [2.05, 4.69) is 51.0 Å². The molecule has 0 radical (unpaired) electrons. The number of carbonyl (C=O) groups is 1. The second kappa shape index (κ2) is 7.53. The first-order chi connectivity index (χ1) is 13.2. The Morgan fingerprint density at radius 2 is 1.67 bits per heavy atom. The summed E-state index contributed by atoms with van der Waals surface area (Å²) in [5, 5.41) is 0. The van der Waals surface area contributed by atoms with E-state index < -0.39 is 0 Å². The third-order valence-electron chi connectivity index (χ3n) is 4.89. The molecule has 27 heavy (non-hydrogen) atoms. The molecule has 1 amide bonds. The van der Waals surface area contributed by atoms with Crippen LogP contribution in [0, 0.1) is 6.92 Å². The van der Waals surface area contributed by atoms with Crippen molar-refractivity contribution in [2.24, 2.45) is 0 Å². The summed E-state index contributed by atoms with van der Waals surface area (Å²) < 4.78 is 0. The van der Waals surface area contributed by atoms with E-state index in [1.807, 2.05) is 17.0 Å². The van der Waals surface area contributed by atoms with Crippen LogP contribution in [0.1, 0.15) is 15.9 Å². The molecule has 3 heterocycles. The summed E-state index contributed by atoms with van der Waals surface area (Å²) in [4.78, 5) is 29.4. The predicted molar refractivity (Wildman–Crippen MR) is 105 cm³/mol. The van der Waals surface area contributed by atoms with Crippen molar-refractivity contribution in [1.29, 1.82) is 0 Å². The summed E-state index contributed by atoms with van der Waals surface area (Å²) in [5.74, 6) is 0.0304. The summed E-state index contributed by atoms with van der Waals surface area (Å²) in [7, 11) is 0. The lowest BCUT2D eigenvalue weighted by Gasteiger charge is -2.36. The molecule has 136 valence electrons. The van der Waals surface area contributed by atoms with Gasteiger partial charge in [0.1, 0.15) is 6.33 Å². The van der Waals surface area contributed by atoms with Gasteiger partial charge < -0.3 is 9.80 Å². The lowest BCUT2D eigenvalue weighted by atomic mass is 10.1. The lowest BCUT2D eigenvalue weighted by Crippen LogP contribution is -2.49. The average molecular weight is 359 g/mol. The molecule has 0 bridgehead atoms. The zero-order chi connectivity index (χ0) is 18.6. The topological polar surface area (TPSA) is 62.2 Å². The Labute approximate surface area is 158 Å². The van der Waals surface area contributed by atoms with Gasteiger partial charge in [0.2, 0.25) is 0 Å². The Balaban J connectivity index is 1.41. The number of anilines is 1. The molecular formula is C21H21N5O. The minimum absolute atomic E-state index is 0.0304. The van der Waals surface area contributed by atoms with E-state index in [1.54, 1.807) is 18.6 Å². The molecule has 0 spiro atoms. The molecule has 6 nitrogen and oxygen atoms in total. The number of rotatable bonds is 3. The minimum atomic E-state index is 0.0304. The van der Waals surface area contributed by atoms with Crippen molar-refractivity contribution in [3.05, 3.63) is 72.4 Å². The van der Waals surface area contributed by atoms with Crippen LogP contribution in [0.2, 0.25) is 0 Å². The van der Waals surface area contributed by atoms with Gasteiger partial charge in [0.15, 0.2) is 0 Å². The molecule has 0 saturated carbocycles. The first-order valence-corrected chi connectivity index (χ1v) is 9.03. The molecule has 1 aromatic carbocycles. The molecule has 1 aliphatic rings. The highest BCUT2D eigenvalue weighted by molar-refractivity contribution is 5.94. The van der Waals surface area contributed by atoms with Gasteiger partial charge >= 0.3 is 0 Å². The molecule has 0 unspecified atom stereocenters. The molecule has 1 fully saturated rings. The van der Waals surface area contributed by atoms with Gasteiger partial charge in [0, 0.05) is 56.0 Å². The number of para-hydroxylation sites is 1. The number of carbonyl (C=O) groups excluding carboxylic acids is 1. The second-order valence-corrected chi connectivity index (χ2v) is 6.63. The Hall–Kier alpha value is -3.28. The highest BCUT2D eigenvalue weighted by Crippen LogP contribution is 2.21. The molecule has 0 aliphatic carbocycles. The van der Waals surface area contributed by atoms with Crippen molar-refractivity contribution in [3.63, 3.8) is 0 Å². The van der Waals surface area contributed by atoms with Crippen LogP contribution in [-0.4, -0.2) is 51.9 Å². The van der Waals surface area contributed by atoms with Crippen LogP contribution in [0.4, 0.5) is 5.69 Å². The van der Waals surface area contributed by atoms with Crippen LogP contribution < -0.4 is 4.90 Å². The molecule has 3 aromatic rings. The molecule has 2 aromatic heterocycles. The van der Waals surface area contributed by atoms with Crippen molar-refractivity contribution in [2.75, 3.05) is 31.1 Å². The summed E-state index contributed by atoms with van der Waals surface area (Å²) >= 11 is 0. The predicted octanol–water partition coefficient (Wildman–Crippen LogP) is 2.81. The fourth-order valence-corrected chi connectivity index (χ4v) is 3.37. The van der Waals surface area contributed by atoms with Crippen molar-refractivity contribution in [3.8, 4) is 11.3 Å². The van der Waals surface area contributed by atoms with Gasteiger partial charge in [0.25, 0.3) is 5.91 Å². The Kier molecular flexibility index (Phi) is 4.78. The van der Waals surface area contributed by atoms with E-state index in [0.717, 1.165) is 24.3 Å². The fraction of sp³-hybridized carbons (Fsp3) is 0.238. The van der Waals surface area contributed by atoms with Crippen LogP contribution >= 0.6 is 0 Å². The first kappa shape index (κ1) is 17.1. The second-order valence-electron chi connectivity index (χ2n) is 6.63. The first-order valence-electron chi connectivity index (χ1n) is 9.03. The number of nitrogens with zero attached hydrogens (tertiary/aromatic N) is 5. The maximum atomic E-state index is 12.8. The zero-order valence-corrected chi connectivity index (χ0v) is 15.2. The fourth-order valence-electron chi connectivity index (χ4n) is 3.37. The molecule has 6 heteroatoms. The largest absolute Gasteiger partial charge is 0.368 e. The number of hydrogen-bond acceptors (Lipinski definition) is 5. The van der Waals surface area contributed by atoms with E-state index >= 15 is 0 Å². The van der Waals surface area contributed by atoms with E-state index in [9.17, 15) is 4.79 Å². The highest BCUT2D eigenvalue weighted by atomic mass is 16.2. The monoisotopic (exact) mass is 359 g/mol. The Morgan fingerprint density at radius 1 is 0.926 bits per heavy atom. The molecule has 4 rings (SSSR count). The molecule has 1 saturated heterocycles. The van der Waals surface area contributed by atoms with E-state index in [0.29, 0.717) is 18.7 Å². The molecule has 0 N–H and O–H groups in total. The van der Waals surface area contributed by atoms with Crippen molar-refractivity contribution >= 4 is 11.6 Å². The van der Waals surface area contributed by atoms with E-state index in [-0.39, 0.29) is 5.91 Å². The highest BCUT2D eigenvalue weighted by Gasteiger charge is 2.23. The van der Waals surface area contributed by atoms with Crippen molar-refractivity contribution in [2.45, 2.75) is 6.92 Å². The summed E-state index contributed by atoms with van der Waals surface area (Å²) in [6.07, 6.45) is 6.54. The van der Waals surface area contributed by atoms with E-state index in [1.165, 1.54) is 17.6 Å². The van der Waals surface area contributed by atoms with Gasteiger partial charge in [-0.1, -0.05) is 18.2 Å². The van der Waals surface area contributed by atoms with Crippen LogP contribution in [0.25, 0.3) is 11.3 Å². The van der Waals surface area contributed by atoms with Crippen LogP contribution in [0.3, 0.4) is 0 Å². The number of hydrogen-bond donors (Lipinski definition) is 0. The Bertz CT molecular complexity index is 919. The van der Waals surface area contributed by atoms with Crippen LogP contribution in [-0.2, 0) is 0 Å². The maximum absolute atomic E-state index is 12.8. The number of benzene rings is 1. The SMILES string of the molecule is Cc1ccccc1N1CCN(C(=O)c2ccc(-c3cncnc3)nc2)CC1. The molecule has 0 atom stereocenters. The number of amides is 1. The maximum Gasteiger partial charge on any atom is 0.255 e. The van der Waals surface area contributed by atoms with E-state index in [4.69, 9.17) is 0 Å². The third kappa shape index (κ3) is 3.65. The van der Waals surface area contributed by atoms with Crippen molar-refractivity contribution < 1.29 is 4.79 Å². The summed E-state index contributed by atoms with van der Waals surface area (Å²) in [6, 6.07) is 12.0. The number of aromatic nitrogens is 3. The van der Waals surface area contributed by atoms with Crippen molar-refractivity contribution in [1.82, 2.24) is 19.9 Å². The van der Waals surface area contributed by atoms with Crippen LogP contribution in [0.5, 0.6) is 0 Å². The third-order valence-corrected chi connectivity index (χ3v) is 4.89. The number of aryl methyl sites for hydroxylation is 1. The zero-order valence-electron chi connectivity index (χ0n) is 15.2. The molecule has 1 aliphatic heterocycles. The quantitative estimate of drug-likeness (QED) is 0.720. The van der Waals surface area contributed by atoms with Gasteiger partial charge in [-0.05, 0) is 30.7 Å². The lowest BCUT2D eigenvalue weighted by molar-refractivity contribution is 0.0746. The normalized spacial score (nSPS) is 14.3. The van der Waals surface area contributed by atoms with Gasteiger partial charge in [-0.3, -0.25) is 9.78 Å². The average Bonchev–Trinajstić information content (AvgIpc) is 2.74. The Morgan fingerprint density at radius 3 is 2.33 bits per heavy atom. The van der Waals surface area contributed by atoms with Gasteiger partial charge in [-0.15, -0.1) is 0 Å². The summed E-state index contributed by atoms with van der Waals surface area (Å²) in [5.41, 5.74) is 4.72. The van der Waals surface area contributed by atoms with Gasteiger partial charge in [0.05, 0.1) is 11.3 Å². The van der Waals surface area contributed by atoms with Crippen LogP contribution in [0.15, 0.2) is 61.3 Å². The minimum Gasteiger partial charge on any atom is -0.368 e. The van der Waals surface area contributed by atoms with Gasteiger partial charge in [-0.25, -0.2) is 9.97 Å². The number of pyridine rings is 1. The molecular weight excluding hydrogens is 338 g/mol. The van der Waals surface area contributed by atoms with Gasteiger partial charge in [-0.2, -0.15) is 0 Å². The standard InChI is InChI=1S/C21H21N5O/c1-16-4-2-3-5-20(16)25-8-10-26(11-9-25)21(27)17-6-7-19(24-14-17)18-12-22-15-23-13-18/h2-7,12-15H,8-11H2,1H3.